The highest BCUT2D eigenvalue weighted by atomic mass is 16.4. The average Bonchev–Trinajstić information content (AvgIpc) is 2.99. The van der Waals surface area contributed by atoms with Crippen molar-refractivity contribution in [3.63, 3.8) is 0 Å². The minimum absolute atomic E-state index is 0.609. The van der Waals surface area contributed by atoms with Gasteiger partial charge in [0.2, 0.25) is 0 Å². The highest BCUT2D eigenvalue weighted by molar-refractivity contribution is 5.85. The van der Waals surface area contributed by atoms with Gasteiger partial charge in [0.15, 0.2) is 0 Å². The van der Waals surface area contributed by atoms with Crippen molar-refractivity contribution in [3.8, 4) is 0 Å². The molecule has 0 spiro atoms. The Bertz CT molecular complexity index is 509. The summed E-state index contributed by atoms with van der Waals surface area (Å²) >= 11 is 0. The summed E-state index contributed by atoms with van der Waals surface area (Å²) in [6, 6.07) is 8.58. The molecule has 0 aliphatic heterocycles. The minimum atomic E-state index is -0.911. The third-order valence-electron chi connectivity index (χ3n) is 4.40. The zero-order chi connectivity index (χ0) is 13.2. The lowest BCUT2D eigenvalue weighted by molar-refractivity contribution is -0.131. The summed E-state index contributed by atoms with van der Waals surface area (Å²) < 4.78 is 0. The van der Waals surface area contributed by atoms with Gasteiger partial charge in [0.05, 0.1) is 0 Å². The van der Waals surface area contributed by atoms with Crippen LogP contribution in [-0.4, -0.2) is 17.1 Å². The average molecular weight is 257 g/mol. The Morgan fingerprint density at radius 1 is 1.32 bits per heavy atom. The zero-order valence-electron chi connectivity index (χ0n) is 10.9. The Balaban J connectivity index is 1.68. The van der Waals surface area contributed by atoms with Gasteiger partial charge in [-0.05, 0) is 54.9 Å². The number of carbonyl (C=O) groups is 1. The van der Waals surface area contributed by atoms with Crippen molar-refractivity contribution in [2.45, 2.75) is 31.7 Å². The van der Waals surface area contributed by atoms with Crippen LogP contribution in [0.2, 0.25) is 0 Å². The van der Waals surface area contributed by atoms with E-state index in [2.05, 4.69) is 11.4 Å². The number of aliphatic carboxylic acids is 1. The van der Waals surface area contributed by atoms with E-state index in [9.17, 15) is 4.79 Å². The van der Waals surface area contributed by atoms with E-state index < -0.39 is 5.97 Å². The van der Waals surface area contributed by atoms with Crippen molar-refractivity contribution >= 4 is 17.7 Å². The summed E-state index contributed by atoms with van der Waals surface area (Å²) in [6.45, 7) is 0. The molecule has 2 N–H and O–H groups in total. The van der Waals surface area contributed by atoms with E-state index in [-0.39, 0.29) is 0 Å². The maximum absolute atomic E-state index is 10.5. The Labute approximate surface area is 113 Å². The van der Waals surface area contributed by atoms with Crippen molar-refractivity contribution in [3.05, 3.63) is 35.9 Å². The first-order chi connectivity index (χ1) is 9.20. The first-order valence-corrected chi connectivity index (χ1v) is 6.98. The SMILES string of the molecule is O=C(O)/C=C/c1cccc(NC2CC3CCC2C3)c1. The van der Waals surface area contributed by atoms with E-state index in [1.54, 1.807) is 6.08 Å². The molecule has 0 saturated heterocycles. The molecule has 19 heavy (non-hydrogen) atoms. The van der Waals surface area contributed by atoms with E-state index in [4.69, 9.17) is 5.11 Å². The van der Waals surface area contributed by atoms with Crippen LogP contribution in [0.4, 0.5) is 5.69 Å². The molecule has 2 bridgehead atoms. The van der Waals surface area contributed by atoms with Crippen molar-refractivity contribution in [1.29, 1.82) is 0 Å². The number of hydrogen-bond acceptors (Lipinski definition) is 2. The van der Waals surface area contributed by atoms with Crippen LogP contribution in [0.1, 0.15) is 31.2 Å². The van der Waals surface area contributed by atoms with Crippen LogP contribution >= 0.6 is 0 Å². The number of benzene rings is 1. The molecule has 3 rings (SSSR count). The molecule has 0 amide bonds. The molecule has 2 fully saturated rings. The lowest BCUT2D eigenvalue weighted by Gasteiger charge is -2.24. The lowest BCUT2D eigenvalue weighted by atomic mass is 9.95. The Hall–Kier alpha value is -1.77. The van der Waals surface area contributed by atoms with E-state index >= 15 is 0 Å². The first-order valence-electron chi connectivity index (χ1n) is 6.98. The fourth-order valence-electron chi connectivity index (χ4n) is 3.54. The van der Waals surface area contributed by atoms with Gasteiger partial charge in [-0.3, -0.25) is 0 Å². The van der Waals surface area contributed by atoms with Gasteiger partial charge in [-0.15, -0.1) is 0 Å². The first kappa shape index (κ1) is 12.3. The van der Waals surface area contributed by atoms with Crippen LogP contribution in [0.5, 0.6) is 0 Å². The van der Waals surface area contributed by atoms with Gasteiger partial charge in [0.1, 0.15) is 0 Å². The summed E-state index contributed by atoms with van der Waals surface area (Å²) in [6.07, 6.45) is 8.26. The number of carboxylic acids is 1. The second-order valence-electron chi connectivity index (χ2n) is 5.72. The topological polar surface area (TPSA) is 49.3 Å². The summed E-state index contributed by atoms with van der Waals surface area (Å²) in [5.41, 5.74) is 2.03. The van der Waals surface area contributed by atoms with Gasteiger partial charge >= 0.3 is 5.97 Å². The maximum Gasteiger partial charge on any atom is 0.328 e. The molecule has 0 aromatic heterocycles. The Kier molecular flexibility index (Phi) is 3.28. The fraction of sp³-hybridized carbons (Fsp3) is 0.438. The third-order valence-corrected chi connectivity index (χ3v) is 4.40. The molecule has 100 valence electrons. The molecule has 2 saturated carbocycles. The van der Waals surface area contributed by atoms with E-state index in [0.29, 0.717) is 6.04 Å². The Morgan fingerprint density at radius 2 is 2.21 bits per heavy atom. The lowest BCUT2D eigenvalue weighted by Crippen LogP contribution is -2.25. The van der Waals surface area contributed by atoms with Gasteiger partial charge in [-0.2, -0.15) is 0 Å². The van der Waals surface area contributed by atoms with Gasteiger partial charge in [-0.1, -0.05) is 18.6 Å². The molecule has 0 radical (unpaired) electrons. The largest absolute Gasteiger partial charge is 0.478 e. The summed E-state index contributed by atoms with van der Waals surface area (Å²) in [7, 11) is 0. The van der Waals surface area contributed by atoms with Crippen LogP contribution in [0.25, 0.3) is 6.08 Å². The molecular weight excluding hydrogens is 238 g/mol. The molecule has 2 aliphatic carbocycles. The number of nitrogens with one attached hydrogen (secondary N) is 1. The van der Waals surface area contributed by atoms with Gasteiger partial charge in [0, 0.05) is 17.8 Å². The van der Waals surface area contributed by atoms with Crippen LogP contribution in [0.3, 0.4) is 0 Å². The standard InChI is InChI=1S/C16H19NO2/c18-16(19)7-5-11-2-1-3-14(9-11)17-15-10-12-4-6-13(15)8-12/h1-3,5,7,9,12-13,15,17H,4,6,8,10H2,(H,18,19)/b7-5+. The Morgan fingerprint density at radius 3 is 2.89 bits per heavy atom. The molecule has 0 heterocycles. The summed E-state index contributed by atoms with van der Waals surface area (Å²) in [5, 5.41) is 12.3. The highest BCUT2D eigenvalue weighted by Crippen LogP contribution is 2.45. The third kappa shape index (κ3) is 2.80. The second-order valence-corrected chi connectivity index (χ2v) is 5.72. The molecule has 1 aromatic carbocycles. The van der Waals surface area contributed by atoms with Crippen LogP contribution in [-0.2, 0) is 4.79 Å². The quantitative estimate of drug-likeness (QED) is 0.813. The zero-order valence-corrected chi connectivity index (χ0v) is 10.9. The fourth-order valence-corrected chi connectivity index (χ4v) is 3.54. The molecule has 3 atom stereocenters. The number of fused-ring (bicyclic) bond motifs is 2. The van der Waals surface area contributed by atoms with Crippen molar-refractivity contribution < 1.29 is 9.90 Å². The van der Waals surface area contributed by atoms with E-state index in [1.165, 1.54) is 31.8 Å². The van der Waals surface area contributed by atoms with Crippen LogP contribution in [0.15, 0.2) is 30.3 Å². The number of anilines is 1. The molecule has 2 aliphatic rings. The highest BCUT2D eigenvalue weighted by Gasteiger charge is 2.39. The van der Waals surface area contributed by atoms with Gasteiger partial charge in [0.25, 0.3) is 0 Å². The van der Waals surface area contributed by atoms with Crippen LogP contribution in [0, 0.1) is 11.8 Å². The van der Waals surface area contributed by atoms with E-state index in [0.717, 1.165) is 23.1 Å². The molecule has 3 nitrogen and oxygen atoms in total. The summed E-state index contributed by atoms with van der Waals surface area (Å²) in [5.74, 6) is 0.854. The predicted octanol–water partition coefficient (Wildman–Crippen LogP) is 3.38. The van der Waals surface area contributed by atoms with Gasteiger partial charge < -0.3 is 10.4 Å². The number of rotatable bonds is 4. The predicted molar refractivity (Wildman–Crippen MR) is 76.0 cm³/mol. The van der Waals surface area contributed by atoms with Gasteiger partial charge in [-0.25, -0.2) is 4.79 Å². The van der Waals surface area contributed by atoms with E-state index in [1.807, 2.05) is 18.2 Å². The second kappa shape index (κ2) is 5.08. The minimum Gasteiger partial charge on any atom is -0.478 e. The van der Waals surface area contributed by atoms with Crippen molar-refractivity contribution in [2.24, 2.45) is 11.8 Å². The number of hydrogen-bond donors (Lipinski definition) is 2. The number of carboxylic acid groups (broad SMARTS) is 1. The van der Waals surface area contributed by atoms with Crippen molar-refractivity contribution in [2.75, 3.05) is 5.32 Å². The molecular formula is C16H19NO2. The maximum atomic E-state index is 10.5. The van der Waals surface area contributed by atoms with Crippen molar-refractivity contribution in [1.82, 2.24) is 0 Å². The normalized spacial score (nSPS) is 28.9. The monoisotopic (exact) mass is 257 g/mol. The smallest absolute Gasteiger partial charge is 0.328 e. The molecule has 3 unspecified atom stereocenters. The molecule has 3 heteroatoms. The van der Waals surface area contributed by atoms with Crippen LogP contribution < -0.4 is 5.32 Å². The molecule has 1 aromatic rings. The summed E-state index contributed by atoms with van der Waals surface area (Å²) in [4.78, 5) is 10.5.